The van der Waals surface area contributed by atoms with E-state index in [9.17, 15) is 9.90 Å². The number of rotatable bonds is 5. The Balaban J connectivity index is 1.53. The van der Waals surface area contributed by atoms with Crippen LogP contribution in [0.5, 0.6) is 5.75 Å². The third-order valence-electron chi connectivity index (χ3n) is 4.10. The molecule has 2 heterocycles. The molecule has 0 aliphatic rings. The number of aromatic nitrogens is 3. The van der Waals surface area contributed by atoms with Crippen LogP contribution in [-0.4, -0.2) is 26.4 Å². The zero-order valence-electron chi connectivity index (χ0n) is 15.1. The molecule has 4 rings (SSSR count). The zero-order valence-corrected chi connectivity index (χ0v) is 16.7. The maximum atomic E-state index is 12.2. The van der Waals surface area contributed by atoms with E-state index in [2.05, 4.69) is 31.3 Å². The maximum absolute atomic E-state index is 12.2. The summed E-state index contributed by atoms with van der Waals surface area (Å²) in [5.41, 5.74) is 2.02. The van der Waals surface area contributed by atoms with Crippen molar-refractivity contribution in [1.82, 2.24) is 15.4 Å². The molecule has 0 amide bonds. The van der Waals surface area contributed by atoms with Gasteiger partial charge in [-0.25, -0.2) is 4.79 Å². The van der Waals surface area contributed by atoms with E-state index in [1.54, 1.807) is 13.0 Å². The van der Waals surface area contributed by atoms with Gasteiger partial charge in [-0.05, 0) is 25.1 Å². The first-order chi connectivity index (χ1) is 14.0. The summed E-state index contributed by atoms with van der Waals surface area (Å²) in [6.07, 6.45) is 0. The highest BCUT2D eigenvalue weighted by Gasteiger charge is 2.22. The van der Waals surface area contributed by atoms with Crippen molar-refractivity contribution < 1.29 is 23.6 Å². The molecule has 0 fully saturated rings. The number of phenolic OH excluding ortho intramolecular Hbond substituents is 1. The number of ether oxygens (including phenoxy) is 1. The van der Waals surface area contributed by atoms with Gasteiger partial charge >= 0.3 is 5.97 Å². The van der Waals surface area contributed by atoms with Crippen LogP contribution in [0, 0.1) is 6.92 Å². The van der Waals surface area contributed by atoms with Gasteiger partial charge in [-0.1, -0.05) is 51.4 Å². The number of carbonyl (C=O) groups excluding carboxylic acids is 1. The van der Waals surface area contributed by atoms with Crippen LogP contribution in [0.1, 0.15) is 22.0 Å². The van der Waals surface area contributed by atoms with Crippen molar-refractivity contribution in [3.05, 3.63) is 70.2 Å². The number of halogens is 1. The molecule has 146 valence electrons. The molecule has 8 nitrogen and oxygen atoms in total. The van der Waals surface area contributed by atoms with Gasteiger partial charge in [-0.15, -0.1) is 10.2 Å². The lowest BCUT2D eigenvalue weighted by Gasteiger charge is -2.04. The van der Waals surface area contributed by atoms with Gasteiger partial charge in [0.2, 0.25) is 0 Å². The van der Waals surface area contributed by atoms with Crippen molar-refractivity contribution in [3.8, 4) is 28.5 Å². The molecule has 0 aliphatic carbocycles. The summed E-state index contributed by atoms with van der Waals surface area (Å²) in [7, 11) is 0. The van der Waals surface area contributed by atoms with Crippen LogP contribution in [0.4, 0.5) is 0 Å². The van der Waals surface area contributed by atoms with Crippen LogP contribution in [0.25, 0.3) is 22.7 Å². The first-order valence-electron chi connectivity index (χ1n) is 8.53. The van der Waals surface area contributed by atoms with Gasteiger partial charge in [-0.3, -0.25) is 0 Å². The van der Waals surface area contributed by atoms with E-state index < -0.39 is 5.97 Å². The van der Waals surface area contributed by atoms with Gasteiger partial charge in [0, 0.05) is 10.0 Å². The summed E-state index contributed by atoms with van der Waals surface area (Å²) in [6, 6.07) is 13.9. The van der Waals surface area contributed by atoms with E-state index >= 15 is 0 Å². The number of hydrogen-bond acceptors (Lipinski definition) is 8. The van der Waals surface area contributed by atoms with Crippen molar-refractivity contribution in [2.45, 2.75) is 13.5 Å². The molecule has 29 heavy (non-hydrogen) atoms. The Morgan fingerprint density at radius 1 is 1.17 bits per heavy atom. The average molecular weight is 456 g/mol. The Labute approximate surface area is 173 Å². The number of carbonyl (C=O) groups is 1. The SMILES string of the molecule is Cc1onc(-c2ccccc2)c1-c1nnc(COC(=O)c2cc(Br)ccc2O)o1. The minimum Gasteiger partial charge on any atom is -0.507 e. The van der Waals surface area contributed by atoms with Crippen LogP contribution < -0.4 is 0 Å². The molecule has 0 spiro atoms. The predicted octanol–water partition coefficient (Wildman–Crippen LogP) is 4.53. The fraction of sp³-hybridized carbons (Fsp3) is 0.100. The smallest absolute Gasteiger partial charge is 0.342 e. The van der Waals surface area contributed by atoms with Crippen LogP contribution >= 0.6 is 15.9 Å². The fourth-order valence-corrected chi connectivity index (χ4v) is 3.07. The topological polar surface area (TPSA) is 111 Å². The van der Waals surface area contributed by atoms with Crippen molar-refractivity contribution in [2.75, 3.05) is 0 Å². The molecule has 0 bridgehead atoms. The zero-order chi connectivity index (χ0) is 20.4. The Morgan fingerprint density at radius 3 is 2.76 bits per heavy atom. The highest BCUT2D eigenvalue weighted by atomic mass is 79.9. The summed E-state index contributed by atoms with van der Waals surface area (Å²) < 4.78 is 16.7. The predicted molar refractivity (Wildman–Crippen MR) is 105 cm³/mol. The van der Waals surface area contributed by atoms with Crippen LogP contribution in [0.15, 0.2) is 61.9 Å². The van der Waals surface area contributed by atoms with Gasteiger partial charge in [0.1, 0.15) is 28.3 Å². The number of aryl methyl sites for hydroxylation is 1. The molecular formula is C20H14BrN3O5. The van der Waals surface area contributed by atoms with Gasteiger partial charge in [0.15, 0.2) is 6.61 Å². The van der Waals surface area contributed by atoms with E-state index in [0.717, 1.165) is 5.56 Å². The number of benzene rings is 2. The van der Waals surface area contributed by atoms with E-state index in [1.165, 1.54) is 12.1 Å². The third-order valence-corrected chi connectivity index (χ3v) is 4.59. The Bertz CT molecular complexity index is 1170. The second-order valence-corrected chi connectivity index (χ2v) is 6.98. The number of aromatic hydroxyl groups is 1. The van der Waals surface area contributed by atoms with Gasteiger partial charge in [0.05, 0.1) is 0 Å². The van der Waals surface area contributed by atoms with Crippen molar-refractivity contribution in [1.29, 1.82) is 0 Å². The molecule has 2 aromatic carbocycles. The molecule has 0 unspecified atom stereocenters. The highest BCUT2D eigenvalue weighted by molar-refractivity contribution is 9.10. The molecule has 1 N–H and O–H groups in total. The van der Waals surface area contributed by atoms with Gasteiger partial charge in [0.25, 0.3) is 11.8 Å². The number of nitrogens with zero attached hydrogens (tertiary/aromatic N) is 3. The normalized spacial score (nSPS) is 10.8. The van der Waals surface area contributed by atoms with Crippen molar-refractivity contribution >= 4 is 21.9 Å². The summed E-state index contributed by atoms with van der Waals surface area (Å²) in [5.74, 6) is -0.0665. The molecular weight excluding hydrogens is 442 g/mol. The summed E-state index contributed by atoms with van der Waals surface area (Å²) in [5, 5.41) is 21.8. The fourth-order valence-electron chi connectivity index (χ4n) is 2.71. The van der Waals surface area contributed by atoms with Gasteiger partial charge < -0.3 is 18.8 Å². The van der Waals surface area contributed by atoms with Crippen molar-refractivity contribution in [3.63, 3.8) is 0 Å². The summed E-state index contributed by atoms with van der Waals surface area (Å²) in [4.78, 5) is 12.2. The standard InChI is InChI=1S/C20H14BrN3O5/c1-11-17(18(24-29-11)12-5-3-2-4-6-12)19-23-22-16(28-19)10-27-20(26)14-9-13(21)7-8-15(14)25/h2-9,25H,10H2,1H3. The average Bonchev–Trinajstić information content (AvgIpc) is 3.34. The minimum absolute atomic E-state index is 0.0281. The highest BCUT2D eigenvalue weighted by Crippen LogP contribution is 2.33. The lowest BCUT2D eigenvalue weighted by molar-refractivity contribution is 0.0435. The molecule has 0 radical (unpaired) electrons. The maximum Gasteiger partial charge on any atom is 0.342 e. The second-order valence-electron chi connectivity index (χ2n) is 6.07. The summed E-state index contributed by atoms with van der Waals surface area (Å²) >= 11 is 3.24. The Morgan fingerprint density at radius 2 is 1.97 bits per heavy atom. The lowest BCUT2D eigenvalue weighted by Crippen LogP contribution is -2.05. The monoisotopic (exact) mass is 455 g/mol. The van der Waals surface area contributed by atoms with Gasteiger partial charge in [-0.2, -0.15) is 0 Å². The molecule has 0 saturated carbocycles. The van der Waals surface area contributed by atoms with Crippen LogP contribution in [-0.2, 0) is 11.3 Å². The number of esters is 1. The van der Waals surface area contributed by atoms with E-state index in [1.807, 2.05) is 30.3 Å². The van der Waals surface area contributed by atoms with E-state index in [0.29, 0.717) is 21.5 Å². The molecule has 4 aromatic rings. The number of hydrogen-bond donors (Lipinski definition) is 1. The van der Waals surface area contributed by atoms with Crippen LogP contribution in [0.3, 0.4) is 0 Å². The number of phenols is 1. The third kappa shape index (κ3) is 3.90. The summed E-state index contributed by atoms with van der Waals surface area (Å²) in [6.45, 7) is 1.50. The molecule has 0 atom stereocenters. The largest absolute Gasteiger partial charge is 0.507 e. The second kappa shape index (κ2) is 7.88. The molecule has 0 aliphatic heterocycles. The minimum atomic E-state index is -0.713. The quantitative estimate of drug-likeness (QED) is 0.436. The van der Waals surface area contributed by atoms with E-state index in [-0.39, 0.29) is 29.7 Å². The Kier molecular flexibility index (Phi) is 5.13. The first-order valence-corrected chi connectivity index (χ1v) is 9.32. The lowest BCUT2D eigenvalue weighted by atomic mass is 10.1. The van der Waals surface area contributed by atoms with Crippen LogP contribution in [0.2, 0.25) is 0 Å². The first kappa shape index (κ1) is 18.9. The Hall–Kier alpha value is -3.46. The molecule has 0 saturated heterocycles. The molecule has 2 aromatic heterocycles. The molecule has 9 heteroatoms. The van der Waals surface area contributed by atoms with Crippen molar-refractivity contribution in [2.24, 2.45) is 0 Å². The van der Waals surface area contributed by atoms with E-state index in [4.69, 9.17) is 13.7 Å².